The Hall–Kier alpha value is -2.54. The summed E-state index contributed by atoms with van der Waals surface area (Å²) in [5, 5.41) is 14.1. The fraction of sp³-hybridized carbons (Fsp3) is 0.583. The molecule has 5 rings (SSSR count). The van der Waals surface area contributed by atoms with Crippen molar-refractivity contribution in [1.82, 2.24) is 30.1 Å². The van der Waals surface area contributed by atoms with Crippen molar-refractivity contribution in [3.63, 3.8) is 0 Å². The van der Waals surface area contributed by atoms with Gasteiger partial charge in [0.25, 0.3) is 5.56 Å². The topological polar surface area (TPSA) is 79.7 Å². The molecule has 1 atom stereocenters. The van der Waals surface area contributed by atoms with Crippen LogP contribution in [0.5, 0.6) is 0 Å². The number of nitrogens with one attached hydrogen (secondary N) is 1. The van der Waals surface area contributed by atoms with E-state index in [0.717, 1.165) is 66.6 Å². The largest absolute Gasteiger partial charge is 0.321 e. The van der Waals surface area contributed by atoms with E-state index in [0.29, 0.717) is 6.04 Å². The molecular weight excluding hydrogens is 388 g/mol. The third-order valence-electron chi connectivity index (χ3n) is 7.10. The van der Waals surface area contributed by atoms with E-state index in [1.807, 2.05) is 23.7 Å². The minimum absolute atomic E-state index is 0.0331. The molecule has 1 saturated carbocycles. The average molecular weight is 421 g/mol. The van der Waals surface area contributed by atoms with Crippen LogP contribution in [0.3, 0.4) is 0 Å². The Labute approximate surface area is 182 Å². The number of para-hydroxylation sites is 1. The Morgan fingerprint density at radius 3 is 2.55 bits per heavy atom. The highest BCUT2D eigenvalue weighted by molar-refractivity contribution is 5.82. The van der Waals surface area contributed by atoms with Crippen LogP contribution in [0.2, 0.25) is 0 Å². The molecule has 0 bridgehead atoms. The van der Waals surface area contributed by atoms with Gasteiger partial charge in [-0.2, -0.15) is 0 Å². The molecule has 164 valence electrons. The maximum atomic E-state index is 13.4. The summed E-state index contributed by atoms with van der Waals surface area (Å²) in [6.07, 6.45) is 10.7. The summed E-state index contributed by atoms with van der Waals surface area (Å²) in [6, 6.07) is 8.33. The maximum Gasteiger partial charge on any atom is 0.253 e. The molecule has 2 aromatic heterocycles. The molecule has 1 aliphatic carbocycles. The van der Waals surface area contributed by atoms with Crippen molar-refractivity contribution in [3.8, 4) is 0 Å². The number of likely N-dealkylation sites (tertiary alicyclic amines) is 1. The van der Waals surface area contributed by atoms with Crippen LogP contribution in [-0.2, 0) is 0 Å². The summed E-state index contributed by atoms with van der Waals surface area (Å²) in [5.41, 5.74) is 2.72. The van der Waals surface area contributed by atoms with E-state index in [9.17, 15) is 4.79 Å². The lowest BCUT2D eigenvalue weighted by Crippen LogP contribution is -2.36. The lowest BCUT2D eigenvalue weighted by molar-refractivity contribution is 0.210. The summed E-state index contributed by atoms with van der Waals surface area (Å²) >= 11 is 0. The lowest BCUT2D eigenvalue weighted by Gasteiger charge is -2.31. The third-order valence-corrected chi connectivity index (χ3v) is 7.10. The molecule has 2 aliphatic rings. The van der Waals surface area contributed by atoms with Crippen LogP contribution >= 0.6 is 0 Å². The molecule has 3 heterocycles. The quantitative estimate of drug-likeness (QED) is 0.681. The average Bonchev–Trinajstić information content (AvgIpc) is 3.11. The van der Waals surface area contributed by atoms with Crippen LogP contribution < -0.4 is 5.56 Å². The number of pyridine rings is 1. The number of nitrogens with zero attached hydrogens (tertiary/aromatic N) is 5. The van der Waals surface area contributed by atoms with Gasteiger partial charge in [-0.15, -0.1) is 5.10 Å². The zero-order chi connectivity index (χ0) is 21.2. The second kappa shape index (κ2) is 8.91. The van der Waals surface area contributed by atoms with Crippen molar-refractivity contribution in [3.05, 3.63) is 51.6 Å². The number of aryl methyl sites for hydroxylation is 1. The molecule has 0 radical (unpaired) electrons. The molecule has 0 spiro atoms. The molecule has 7 nitrogen and oxygen atoms in total. The highest BCUT2D eigenvalue weighted by atomic mass is 16.1. The Morgan fingerprint density at radius 2 is 1.77 bits per heavy atom. The number of H-pyrrole nitrogens is 1. The molecule has 1 N–H and O–H groups in total. The third kappa shape index (κ3) is 4.03. The van der Waals surface area contributed by atoms with Crippen LogP contribution in [0.4, 0.5) is 0 Å². The van der Waals surface area contributed by atoms with Gasteiger partial charge in [0.05, 0.1) is 11.6 Å². The first kappa shape index (κ1) is 20.4. The van der Waals surface area contributed by atoms with Crippen LogP contribution in [0.25, 0.3) is 10.9 Å². The number of benzene rings is 1. The van der Waals surface area contributed by atoms with Crippen molar-refractivity contribution in [2.45, 2.75) is 76.8 Å². The highest BCUT2D eigenvalue weighted by Gasteiger charge is 2.33. The van der Waals surface area contributed by atoms with E-state index in [1.165, 1.54) is 32.1 Å². The SMILES string of the molecule is Cc1cccc2cc([C@@H](c3nnnn3C3CCCCC3)N3CCCCCC3)c(=O)[nH]c12. The zero-order valence-electron chi connectivity index (χ0n) is 18.4. The summed E-state index contributed by atoms with van der Waals surface area (Å²) in [6.45, 7) is 3.97. The van der Waals surface area contributed by atoms with Gasteiger partial charge in [-0.05, 0) is 73.1 Å². The van der Waals surface area contributed by atoms with Gasteiger partial charge in [-0.1, -0.05) is 50.3 Å². The second-order valence-corrected chi connectivity index (χ2v) is 9.22. The number of fused-ring (bicyclic) bond motifs is 1. The van der Waals surface area contributed by atoms with Gasteiger partial charge < -0.3 is 4.98 Å². The van der Waals surface area contributed by atoms with Crippen LogP contribution in [0.1, 0.15) is 86.8 Å². The van der Waals surface area contributed by atoms with E-state index in [2.05, 4.69) is 37.5 Å². The molecule has 1 aromatic carbocycles. The first-order chi connectivity index (χ1) is 15.2. The van der Waals surface area contributed by atoms with Crippen molar-refractivity contribution in [2.24, 2.45) is 0 Å². The van der Waals surface area contributed by atoms with Crippen molar-refractivity contribution < 1.29 is 0 Å². The van der Waals surface area contributed by atoms with E-state index >= 15 is 0 Å². The fourth-order valence-corrected chi connectivity index (χ4v) is 5.42. The van der Waals surface area contributed by atoms with Gasteiger partial charge in [0.2, 0.25) is 0 Å². The molecule has 3 aromatic rings. The molecule has 1 aliphatic heterocycles. The minimum atomic E-state index is -0.219. The van der Waals surface area contributed by atoms with Gasteiger partial charge in [0.15, 0.2) is 5.82 Å². The normalized spacial score (nSPS) is 20.0. The number of rotatable bonds is 4. The van der Waals surface area contributed by atoms with Gasteiger partial charge in [0.1, 0.15) is 6.04 Å². The summed E-state index contributed by atoms with van der Waals surface area (Å²) in [5.74, 6) is 0.825. The predicted molar refractivity (Wildman–Crippen MR) is 121 cm³/mol. The standard InChI is InChI=1S/C24H32N6O/c1-17-10-9-11-18-16-20(24(31)25-21(17)18)22(29-14-7-2-3-8-15-29)23-26-27-28-30(23)19-12-5-4-6-13-19/h9-11,16,19,22H,2-8,12-15H2,1H3,(H,25,31)/t22-/m0/s1. The maximum absolute atomic E-state index is 13.4. The van der Waals surface area contributed by atoms with Crippen molar-refractivity contribution in [2.75, 3.05) is 13.1 Å². The van der Waals surface area contributed by atoms with Gasteiger partial charge >= 0.3 is 0 Å². The van der Waals surface area contributed by atoms with E-state index < -0.39 is 0 Å². The first-order valence-corrected chi connectivity index (χ1v) is 11.9. The number of hydrogen-bond acceptors (Lipinski definition) is 5. The van der Waals surface area contributed by atoms with Gasteiger partial charge in [-0.25, -0.2) is 4.68 Å². The summed E-state index contributed by atoms with van der Waals surface area (Å²) in [4.78, 5) is 19.0. The fourth-order valence-electron chi connectivity index (χ4n) is 5.42. The number of tetrazole rings is 1. The Morgan fingerprint density at radius 1 is 1.03 bits per heavy atom. The summed E-state index contributed by atoms with van der Waals surface area (Å²) < 4.78 is 2.04. The monoisotopic (exact) mass is 420 g/mol. The first-order valence-electron chi connectivity index (χ1n) is 11.9. The van der Waals surface area contributed by atoms with Crippen molar-refractivity contribution in [1.29, 1.82) is 0 Å². The Bertz CT molecular complexity index is 1090. The minimum Gasteiger partial charge on any atom is -0.321 e. The number of aromatic amines is 1. The van der Waals surface area contributed by atoms with Crippen molar-refractivity contribution >= 4 is 10.9 Å². The van der Waals surface area contributed by atoms with E-state index in [4.69, 9.17) is 0 Å². The zero-order valence-corrected chi connectivity index (χ0v) is 18.4. The van der Waals surface area contributed by atoms with Crippen LogP contribution in [-0.4, -0.2) is 43.2 Å². The van der Waals surface area contributed by atoms with Crippen LogP contribution in [0.15, 0.2) is 29.1 Å². The van der Waals surface area contributed by atoms with Gasteiger partial charge in [0, 0.05) is 5.56 Å². The van der Waals surface area contributed by atoms with Crippen LogP contribution in [0, 0.1) is 6.92 Å². The Balaban J connectivity index is 1.64. The molecule has 1 saturated heterocycles. The second-order valence-electron chi connectivity index (χ2n) is 9.22. The molecule has 0 unspecified atom stereocenters. The number of hydrogen-bond donors (Lipinski definition) is 1. The van der Waals surface area contributed by atoms with E-state index in [1.54, 1.807) is 0 Å². The predicted octanol–water partition coefficient (Wildman–Crippen LogP) is 4.29. The molecule has 7 heteroatoms. The smallest absolute Gasteiger partial charge is 0.253 e. The summed E-state index contributed by atoms with van der Waals surface area (Å²) in [7, 11) is 0. The molecule has 31 heavy (non-hydrogen) atoms. The molecule has 0 amide bonds. The molecule has 2 fully saturated rings. The molecular formula is C24H32N6O. The number of aromatic nitrogens is 5. The Kier molecular flexibility index (Phi) is 5.85. The van der Waals surface area contributed by atoms with Gasteiger partial charge in [-0.3, -0.25) is 9.69 Å². The van der Waals surface area contributed by atoms with E-state index in [-0.39, 0.29) is 11.6 Å². The lowest BCUT2D eigenvalue weighted by atomic mass is 9.95. The highest BCUT2D eigenvalue weighted by Crippen LogP contribution is 2.34.